The summed E-state index contributed by atoms with van der Waals surface area (Å²) in [5, 5.41) is 0. The minimum atomic E-state index is -0.205. The van der Waals surface area contributed by atoms with E-state index in [1.54, 1.807) is 0 Å². The first-order chi connectivity index (χ1) is 11.5. The fourth-order valence-electron chi connectivity index (χ4n) is 3.23. The van der Waals surface area contributed by atoms with Gasteiger partial charge in [0.1, 0.15) is 6.10 Å². The van der Waals surface area contributed by atoms with Crippen molar-refractivity contribution in [1.29, 1.82) is 0 Å². The third-order valence-corrected chi connectivity index (χ3v) is 4.92. The van der Waals surface area contributed by atoms with Crippen molar-refractivity contribution in [3.63, 3.8) is 0 Å². The molecule has 1 aliphatic rings. The van der Waals surface area contributed by atoms with Crippen LogP contribution in [-0.2, 0) is 15.6 Å². The molecule has 1 atom stereocenters. The number of hydrogen-bond donors (Lipinski definition) is 0. The second-order valence-corrected chi connectivity index (χ2v) is 9.52. The second kappa shape index (κ2) is 7.49. The van der Waals surface area contributed by atoms with E-state index in [9.17, 15) is 4.79 Å². The topological polar surface area (TPSA) is 29.5 Å². The molecule has 0 amide bonds. The molecular formula is C22H35NO2. The van der Waals surface area contributed by atoms with Crippen LogP contribution in [0.5, 0.6) is 0 Å². The van der Waals surface area contributed by atoms with Crippen molar-refractivity contribution in [2.45, 2.75) is 78.2 Å². The summed E-state index contributed by atoms with van der Waals surface area (Å²) in [5.41, 5.74) is 3.03. The number of carbonyl (C=O) groups excluding carboxylic acids is 1. The number of benzene rings is 1. The smallest absolute Gasteiger partial charge is 0.338 e. The van der Waals surface area contributed by atoms with Crippen molar-refractivity contribution in [2.75, 3.05) is 19.6 Å². The van der Waals surface area contributed by atoms with Crippen LogP contribution in [0.4, 0.5) is 0 Å². The van der Waals surface area contributed by atoms with Crippen LogP contribution in [0.3, 0.4) is 0 Å². The maximum absolute atomic E-state index is 12.7. The van der Waals surface area contributed by atoms with Crippen LogP contribution in [0.2, 0.25) is 0 Å². The molecule has 0 radical (unpaired) electrons. The number of nitrogens with zero attached hydrogens (tertiary/aromatic N) is 1. The summed E-state index contributed by atoms with van der Waals surface area (Å²) in [7, 11) is 0. The molecule has 3 heteroatoms. The molecule has 1 saturated heterocycles. The Kier molecular flexibility index (Phi) is 5.98. The molecule has 140 valence electrons. The molecular weight excluding hydrogens is 310 g/mol. The molecule has 0 N–H and O–H groups in total. The van der Waals surface area contributed by atoms with Crippen molar-refractivity contribution >= 4 is 5.97 Å². The summed E-state index contributed by atoms with van der Waals surface area (Å²) in [6, 6.07) is 6.23. The first-order valence-corrected chi connectivity index (χ1v) is 9.56. The van der Waals surface area contributed by atoms with E-state index in [0.29, 0.717) is 5.56 Å². The van der Waals surface area contributed by atoms with Gasteiger partial charge in [0, 0.05) is 6.54 Å². The van der Waals surface area contributed by atoms with Gasteiger partial charge in [-0.1, -0.05) is 47.6 Å². The molecule has 1 aliphatic heterocycles. The molecule has 0 aromatic heterocycles. The first-order valence-electron chi connectivity index (χ1n) is 9.56. The second-order valence-electron chi connectivity index (χ2n) is 9.52. The minimum absolute atomic E-state index is 0.00252. The number of esters is 1. The zero-order valence-electron chi connectivity index (χ0n) is 17.1. The van der Waals surface area contributed by atoms with E-state index < -0.39 is 0 Å². The van der Waals surface area contributed by atoms with Crippen molar-refractivity contribution < 1.29 is 9.53 Å². The quantitative estimate of drug-likeness (QED) is 0.725. The Bertz CT molecular complexity index is 569. The molecule has 0 spiro atoms. The van der Waals surface area contributed by atoms with Gasteiger partial charge < -0.3 is 4.74 Å². The molecule has 1 fully saturated rings. The highest BCUT2D eigenvalue weighted by Gasteiger charge is 2.24. The normalized spacial score (nSPS) is 17.6. The fourth-order valence-corrected chi connectivity index (χ4v) is 3.23. The van der Waals surface area contributed by atoms with Gasteiger partial charge in [0.25, 0.3) is 0 Å². The highest BCUT2D eigenvalue weighted by Crippen LogP contribution is 2.30. The number of hydrogen-bond acceptors (Lipinski definition) is 3. The number of likely N-dealkylation sites (tertiary alicyclic amines) is 1. The molecule has 2 rings (SSSR count). The average Bonchev–Trinajstić information content (AvgIpc) is 2.97. The molecule has 3 nitrogen and oxygen atoms in total. The van der Waals surface area contributed by atoms with Crippen molar-refractivity contribution in [3.05, 3.63) is 34.9 Å². The van der Waals surface area contributed by atoms with Gasteiger partial charge in [-0.15, -0.1) is 0 Å². The number of carbonyl (C=O) groups is 1. The Morgan fingerprint density at radius 2 is 1.48 bits per heavy atom. The van der Waals surface area contributed by atoms with E-state index in [0.717, 1.165) is 19.6 Å². The van der Waals surface area contributed by atoms with Crippen LogP contribution in [0.15, 0.2) is 18.2 Å². The largest absolute Gasteiger partial charge is 0.458 e. The Hall–Kier alpha value is -1.35. The molecule has 0 unspecified atom stereocenters. The Balaban J connectivity index is 2.19. The zero-order valence-corrected chi connectivity index (χ0v) is 17.1. The molecule has 0 bridgehead atoms. The zero-order chi connectivity index (χ0) is 18.8. The molecule has 0 saturated carbocycles. The lowest BCUT2D eigenvalue weighted by atomic mass is 9.79. The van der Waals surface area contributed by atoms with Crippen LogP contribution < -0.4 is 0 Å². The van der Waals surface area contributed by atoms with Crippen LogP contribution in [0.1, 0.15) is 82.8 Å². The van der Waals surface area contributed by atoms with Crippen LogP contribution in [0.25, 0.3) is 0 Å². The third kappa shape index (κ3) is 5.57. The summed E-state index contributed by atoms with van der Waals surface area (Å²) in [5.74, 6) is -0.205. The number of rotatable bonds is 4. The predicted octanol–water partition coefficient (Wildman–Crippen LogP) is 4.92. The maximum atomic E-state index is 12.7. The molecule has 25 heavy (non-hydrogen) atoms. The third-order valence-electron chi connectivity index (χ3n) is 4.92. The standard InChI is InChI=1S/C22H35NO2/c1-16(15-23-10-8-9-11-23)25-20(24)17-12-18(21(2,3)4)14-19(13-17)22(5,6)7/h12-14,16H,8-11,15H2,1-7H3/t16-/m0/s1. The summed E-state index contributed by atoms with van der Waals surface area (Å²) < 4.78 is 5.75. The van der Waals surface area contributed by atoms with Gasteiger partial charge in [-0.05, 0) is 66.9 Å². The van der Waals surface area contributed by atoms with Gasteiger partial charge >= 0.3 is 5.97 Å². The highest BCUT2D eigenvalue weighted by atomic mass is 16.5. The Morgan fingerprint density at radius 3 is 1.92 bits per heavy atom. The molecule has 1 aromatic carbocycles. The van der Waals surface area contributed by atoms with Crippen molar-refractivity contribution in [1.82, 2.24) is 4.90 Å². The molecule has 1 aromatic rings. The van der Waals surface area contributed by atoms with E-state index in [-0.39, 0.29) is 22.9 Å². The summed E-state index contributed by atoms with van der Waals surface area (Å²) in [4.78, 5) is 15.1. The minimum Gasteiger partial charge on any atom is -0.458 e. The first kappa shape index (κ1) is 20.0. The van der Waals surface area contributed by atoms with Gasteiger partial charge in [-0.3, -0.25) is 4.90 Å². The lowest BCUT2D eigenvalue weighted by Crippen LogP contribution is -2.31. The Morgan fingerprint density at radius 1 is 1.00 bits per heavy atom. The molecule has 1 heterocycles. The van der Waals surface area contributed by atoms with Gasteiger partial charge in [0.05, 0.1) is 5.56 Å². The van der Waals surface area contributed by atoms with E-state index in [2.05, 4.69) is 52.5 Å². The van der Waals surface area contributed by atoms with Gasteiger partial charge in [-0.2, -0.15) is 0 Å². The van der Waals surface area contributed by atoms with E-state index >= 15 is 0 Å². The number of ether oxygens (including phenoxy) is 1. The van der Waals surface area contributed by atoms with E-state index in [4.69, 9.17) is 4.74 Å². The van der Waals surface area contributed by atoms with Crippen LogP contribution >= 0.6 is 0 Å². The van der Waals surface area contributed by atoms with Crippen molar-refractivity contribution in [3.8, 4) is 0 Å². The van der Waals surface area contributed by atoms with E-state index in [1.807, 2.05) is 19.1 Å². The van der Waals surface area contributed by atoms with Gasteiger partial charge in [0.2, 0.25) is 0 Å². The van der Waals surface area contributed by atoms with Gasteiger partial charge in [0.15, 0.2) is 0 Å². The fraction of sp³-hybridized carbons (Fsp3) is 0.682. The summed E-state index contributed by atoms with van der Waals surface area (Å²) >= 11 is 0. The highest BCUT2D eigenvalue weighted by molar-refractivity contribution is 5.90. The van der Waals surface area contributed by atoms with Crippen LogP contribution in [0, 0.1) is 0 Å². The van der Waals surface area contributed by atoms with E-state index in [1.165, 1.54) is 24.0 Å². The maximum Gasteiger partial charge on any atom is 0.338 e. The Labute approximate surface area is 153 Å². The van der Waals surface area contributed by atoms with Crippen molar-refractivity contribution in [2.24, 2.45) is 0 Å². The average molecular weight is 346 g/mol. The SMILES string of the molecule is C[C@@H](CN1CCCC1)OC(=O)c1cc(C(C)(C)C)cc(C(C)(C)C)c1. The molecule has 0 aliphatic carbocycles. The summed E-state index contributed by atoms with van der Waals surface area (Å²) in [6.45, 7) is 18.1. The van der Waals surface area contributed by atoms with Gasteiger partial charge in [-0.25, -0.2) is 4.79 Å². The monoisotopic (exact) mass is 345 g/mol. The van der Waals surface area contributed by atoms with Crippen LogP contribution in [-0.4, -0.2) is 36.6 Å². The lowest BCUT2D eigenvalue weighted by molar-refractivity contribution is 0.0271. The predicted molar refractivity (Wildman–Crippen MR) is 104 cm³/mol. The lowest BCUT2D eigenvalue weighted by Gasteiger charge is -2.26. The summed E-state index contributed by atoms with van der Waals surface area (Å²) in [6.07, 6.45) is 2.42.